The predicted octanol–water partition coefficient (Wildman–Crippen LogP) is 6.72. The van der Waals surface area contributed by atoms with Crippen molar-refractivity contribution in [1.82, 2.24) is 0 Å². The Labute approximate surface area is 154 Å². The second-order valence-corrected chi connectivity index (χ2v) is 8.22. The van der Waals surface area contributed by atoms with Gasteiger partial charge in [-0.3, -0.25) is 0 Å². The molecule has 0 amide bonds. The van der Waals surface area contributed by atoms with E-state index in [1.165, 1.54) is 55.3 Å². The molecule has 4 aromatic carbocycles. The molecule has 0 radical (unpaired) electrons. The van der Waals surface area contributed by atoms with Gasteiger partial charge in [-0.15, -0.1) is 0 Å². The summed E-state index contributed by atoms with van der Waals surface area (Å²) in [6.07, 6.45) is 1.06. The first-order chi connectivity index (χ1) is 12.6. The Morgan fingerprint density at radius 3 is 2.27 bits per heavy atom. The van der Waals surface area contributed by atoms with E-state index in [2.05, 4.69) is 86.6 Å². The summed E-state index contributed by atoms with van der Waals surface area (Å²) in [6, 6.07) is 27.3. The van der Waals surface area contributed by atoms with Crippen LogP contribution in [0.4, 0.5) is 0 Å². The third-order valence-corrected chi connectivity index (χ3v) is 6.47. The number of hydrogen-bond donors (Lipinski definition) is 0. The third-order valence-electron chi connectivity index (χ3n) is 6.47. The van der Waals surface area contributed by atoms with E-state index >= 15 is 0 Å². The Morgan fingerprint density at radius 1 is 0.615 bits per heavy atom. The fourth-order valence-corrected chi connectivity index (χ4v) is 5.16. The lowest BCUT2D eigenvalue weighted by Crippen LogP contribution is -2.24. The maximum Gasteiger partial charge on any atom is 0.0159 e. The van der Waals surface area contributed by atoms with Gasteiger partial charge >= 0.3 is 0 Å². The van der Waals surface area contributed by atoms with Gasteiger partial charge in [0.1, 0.15) is 0 Å². The molecule has 0 nitrogen and oxygen atoms in total. The van der Waals surface area contributed by atoms with Crippen molar-refractivity contribution >= 4 is 10.8 Å². The zero-order valence-electron chi connectivity index (χ0n) is 15.1. The molecule has 0 saturated carbocycles. The van der Waals surface area contributed by atoms with Gasteiger partial charge in [0, 0.05) is 5.41 Å². The van der Waals surface area contributed by atoms with Crippen molar-refractivity contribution in [3.63, 3.8) is 0 Å². The zero-order valence-corrected chi connectivity index (χ0v) is 15.1. The lowest BCUT2D eigenvalue weighted by molar-refractivity contribution is 0.644. The minimum atomic E-state index is 0.0208. The molecular weight excluding hydrogens is 312 g/mol. The van der Waals surface area contributed by atoms with Crippen LogP contribution in [0.5, 0.6) is 0 Å². The standard InChI is InChI=1S/C26H20/c1-26(2)23-12-6-9-16-8-5-11-20(25(16)23)22-15-21-18(14-24(22)26)13-17-7-3-4-10-19(17)21/h3-12,14-15H,13H2,1-2H3. The Morgan fingerprint density at radius 2 is 1.38 bits per heavy atom. The molecule has 0 heterocycles. The quantitative estimate of drug-likeness (QED) is 0.295. The molecule has 0 fully saturated rings. The molecular formula is C26H20. The first-order valence-corrected chi connectivity index (χ1v) is 9.43. The number of benzene rings is 4. The molecule has 124 valence electrons. The van der Waals surface area contributed by atoms with Crippen LogP contribution in [0.25, 0.3) is 33.0 Å². The Bertz CT molecular complexity index is 1220. The highest BCUT2D eigenvalue weighted by atomic mass is 14.4. The average Bonchev–Trinajstić information content (AvgIpc) is 3.03. The van der Waals surface area contributed by atoms with E-state index in [9.17, 15) is 0 Å². The van der Waals surface area contributed by atoms with Gasteiger partial charge in [-0.2, -0.15) is 0 Å². The molecule has 26 heavy (non-hydrogen) atoms. The molecule has 0 bridgehead atoms. The van der Waals surface area contributed by atoms with Gasteiger partial charge in [0.2, 0.25) is 0 Å². The van der Waals surface area contributed by atoms with Crippen LogP contribution in [0.2, 0.25) is 0 Å². The molecule has 0 aromatic heterocycles. The van der Waals surface area contributed by atoms with Gasteiger partial charge in [0.15, 0.2) is 0 Å². The molecule has 4 aromatic rings. The summed E-state index contributed by atoms with van der Waals surface area (Å²) < 4.78 is 0. The van der Waals surface area contributed by atoms with Crippen LogP contribution >= 0.6 is 0 Å². The molecule has 2 aliphatic rings. The number of rotatable bonds is 0. The molecule has 0 N–H and O–H groups in total. The van der Waals surface area contributed by atoms with Crippen molar-refractivity contribution in [2.75, 3.05) is 0 Å². The molecule has 0 heteroatoms. The van der Waals surface area contributed by atoms with Crippen LogP contribution < -0.4 is 0 Å². The highest BCUT2D eigenvalue weighted by Crippen LogP contribution is 2.51. The van der Waals surface area contributed by atoms with Crippen molar-refractivity contribution in [3.05, 3.63) is 95.1 Å². The topological polar surface area (TPSA) is 0 Å². The Balaban J connectivity index is 1.75. The van der Waals surface area contributed by atoms with E-state index in [1.54, 1.807) is 0 Å². The fraction of sp³-hybridized carbons (Fsp3) is 0.154. The van der Waals surface area contributed by atoms with Crippen LogP contribution in [-0.2, 0) is 11.8 Å². The van der Waals surface area contributed by atoms with E-state index in [0.717, 1.165) is 6.42 Å². The van der Waals surface area contributed by atoms with Gasteiger partial charge in [-0.1, -0.05) is 80.6 Å². The summed E-state index contributed by atoms with van der Waals surface area (Å²) in [4.78, 5) is 0. The highest BCUT2D eigenvalue weighted by Gasteiger charge is 2.35. The van der Waals surface area contributed by atoms with Crippen LogP contribution in [0.3, 0.4) is 0 Å². The van der Waals surface area contributed by atoms with Crippen molar-refractivity contribution in [3.8, 4) is 22.3 Å². The van der Waals surface area contributed by atoms with E-state index in [4.69, 9.17) is 0 Å². The second-order valence-electron chi connectivity index (χ2n) is 8.22. The third kappa shape index (κ3) is 1.65. The normalized spacial score (nSPS) is 15.5. The largest absolute Gasteiger partial charge is 0.0619 e. The summed E-state index contributed by atoms with van der Waals surface area (Å²) >= 11 is 0. The van der Waals surface area contributed by atoms with E-state index < -0.39 is 0 Å². The summed E-state index contributed by atoms with van der Waals surface area (Å²) in [5.74, 6) is 0. The molecule has 0 spiro atoms. The van der Waals surface area contributed by atoms with Crippen LogP contribution in [-0.4, -0.2) is 0 Å². The van der Waals surface area contributed by atoms with Crippen molar-refractivity contribution in [2.45, 2.75) is 25.7 Å². The lowest BCUT2D eigenvalue weighted by Gasteiger charge is -2.35. The highest BCUT2D eigenvalue weighted by molar-refractivity contribution is 6.04. The summed E-state index contributed by atoms with van der Waals surface area (Å²) in [6.45, 7) is 4.76. The van der Waals surface area contributed by atoms with Crippen LogP contribution in [0, 0.1) is 0 Å². The minimum Gasteiger partial charge on any atom is -0.0619 e. The monoisotopic (exact) mass is 332 g/mol. The zero-order chi connectivity index (χ0) is 17.5. The maximum atomic E-state index is 2.49. The molecule has 2 aliphatic carbocycles. The van der Waals surface area contributed by atoms with Gasteiger partial charge in [0.05, 0.1) is 0 Å². The van der Waals surface area contributed by atoms with E-state index in [-0.39, 0.29) is 5.41 Å². The number of hydrogen-bond acceptors (Lipinski definition) is 0. The summed E-state index contributed by atoms with van der Waals surface area (Å²) in [7, 11) is 0. The summed E-state index contributed by atoms with van der Waals surface area (Å²) in [5, 5.41) is 2.78. The fourth-order valence-electron chi connectivity index (χ4n) is 5.16. The van der Waals surface area contributed by atoms with Crippen molar-refractivity contribution < 1.29 is 0 Å². The van der Waals surface area contributed by atoms with Crippen LogP contribution in [0.1, 0.15) is 36.1 Å². The smallest absolute Gasteiger partial charge is 0.0159 e. The lowest BCUT2D eigenvalue weighted by atomic mass is 9.68. The predicted molar refractivity (Wildman–Crippen MR) is 110 cm³/mol. The van der Waals surface area contributed by atoms with Gasteiger partial charge in [-0.05, 0) is 67.8 Å². The molecule has 0 unspecified atom stereocenters. The molecule has 0 atom stereocenters. The average molecular weight is 332 g/mol. The van der Waals surface area contributed by atoms with Crippen LogP contribution in [0.15, 0.2) is 72.8 Å². The first kappa shape index (κ1) is 14.3. The maximum absolute atomic E-state index is 2.49. The minimum absolute atomic E-state index is 0.0208. The first-order valence-electron chi connectivity index (χ1n) is 9.43. The van der Waals surface area contributed by atoms with Crippen molar-refractivity contribution in [1.29, 1.82) is 0 Å². The summed E-state index contributed by atoms with van der Waals surface area (Å²) in [5.41, 5.74) is 11.5. The number of fused-ring (bicyclic) bond motifs is 5. The molecule has 0 aliphatic heterocycles. The van der Waals surface area contributed by atoms with E-state index in [1.807, 2.05) is 0 Å². The SMILES string of the molecule is CC1(C)c2cc3c(cc2-c2cccc4cccc1c24)-c1ccccc1C3. The van der Waals surface area contributed by atoms with Crippen molar-refractivity contribution in [2.24, 2.45) is 0 Å². The Hall–Kier alpha value is -2.86. The van der Waals surface area contributed by atoms with Gasteiger partial charge in [0.25, 0.3) is 0 Å². The van der Waals surface area contributed by atoms with Gasteiger partial charge in [-0.25, -0.2) is 0 Å². The van der Waals surface area contributed by atoms with Gasteiger partial charge < -0.3 is 0 Å². The Kier molecular flexibility index (Phi) is 2.56. The second kappa shape index (κ2) is 4.65. The van der Waals surface area contributed by atoms with E-state index in [0.29, 0.717) is 0 Å². The molecule has 6 rings (SSSR count). The molecule has 0 saturated heterocycles.